The highest BCUT2D eigenvalue weighted by molar-refractivity contribution is 7.99. The molecule has 3 rings (SSSR count). The summed E-state index contributed by atoms with van der Waals surface area (Å²) in [6, 6.07) is 6.31. The molecule has 0 bridgehead atoms. The van der Waals surface area contributed by atoms with Crippen molar-refractivity contribution in [2.24, 2.45) is 0 Å². The van der Waals surface area contributed by atoms with E-state index in [1.54, 1.807) is 12.1 Å². The first kappa shape index (κ1) is 13.6. The summed E-state index contributed by atoms with van der Waals surface area (Å²) < 4.78 is 13.2. The topological polar surface area (TPSA) is 41.9 Å². The number of anilines is 1. The van der Waals surface area contributed by atoms with Crippen LogP contribution >= 0.6 is 23.4 Å². The van der Waals surface area contributed by atoms with E-state index in [2.05, 4.69) is 19.9 Å². The molecule has 0 atom stereocenters. The van der Waals surface area contributed by atoms with Crippen LogP contribution in [-0.4, -0.2) is 28.0 Å². The Bertz CT molecular complexity index is 619. The van der Waals surface area contributed by atoms with Gasteiger partial charge in [-0.3, -0.25) is 0 Å². The van der Waals surface area contributed by atoms with Crippen molar-refractivity contribution in [3.8, 4) is 0 Å². The van der Waals surface area contributed by atoms with Crippen molar-refractivity contribution in [1.29, 1.82) is 0 Å². The van der Waals surface area contributed by atoms with Crippen LogP contribution in [0.25, 0.3) is 0 Å². The zero-order valence-corrected chi connectivity index (χ0v) is 12.2. The van der Waals surface area contributed by atoms with Crippen LogP contribution in [0.15, 0.2) is 34.3 Å². The van der Waals surface area contributed by atoms with E-state index in [0.717, 1.165) is 30.8 Å². The summed E-state index contributed by atoms with van der Waals surface area (Å²) in [4.78, 5) is 15.5. The third kappa shape index (κ3) is 3.19. The van der Waals surface area contributed by atoms with Crippen LogP contribution in [0.4, 0.5) is 10.3 Å². The highest BCUT2D eigenvalue weighted by Crippen LogP contribution is 2.27. The summed E-state index contributed by atoms with van der Waals surface area (Å²) in [7, 11) is 0. The smallest absolute Gasteiger partial charge is 0.230 e. The monoisotopic (exact) mass is 310 g/mol. The standard InChI is InChI=1S/C13H12ClFN4S/c14-11-16-12(19-6-1-2-7-19)18-13(17-11)20-10-5-3-4-9(15)8-10/h3-5,8H,1-2,6-7H2. The second-order valence-electron chi connectivity index (χ2n) is 4.44. The average Bonchev–Trinajstić information content (AvgIpc) is 2.91. The number of hydrogen-bond acceptors (Lipinski definition) is 5. The third-order valence-corrected chi connectivity index (χ3v) is 3.99. The summed E-state index contributed by atoms with van der Waals surface area (Å²) in [5.41, 5.74) is 0. The van der Waals surface area contributed by atoms with Gasteiger partial charge >= 0.3 is 0 Å². The summed E-state index contributed by atoms with van der Waals surface area (Å²) in [5.74, 6) is 0.316. The van der Waals surface area contributed by atoms with E-state index in [9.17, 15) is 4.39 Å². The zero-order chi connectivity index (χ0) is 13.9. The average molecular weight is 311 g/mol. The number of benzene rings is 1. The van der Waals surface area contributed by atoms with Gasteiger partial charge in [0.2, 0.25) is 11.2 Å². The predicted octanol–water partition coefficient (Wildman–Crippen LogP) is 3.42. The lowest BCUT2D eigenvalue weighted by Crippen LogP contribution is -2.21. The van der Waals surface area contributed by atoms with Gasteiger partial charge < -0.3 is 4.90 Å². The molecular weight excluding hydrogens is 299 g/mol. The lowest BCUT2D eigenvalue weighted by atomic mass is 10.4. The van der Waals surface area contributed by atoms with Crippen molar-refractivity contribution in [2.45, 2.75) is 22.9 Å². The van der Waals surface area contributed by atoms with E-state index in [1.807, 2.05) is 0 Å². The van der Waals surface area contributed by atoms with E-state index in [-0.39, 0.29) is 11.1 Å². The molecule has 1 aliphatic rings. The first-order chi connectivity index (χ1) is 9.70. The first-order valence-corrected chi connectivity index (χ1v) is 7.50. The van der Waals surface area contributed by atoms with Crippen molar-refractivity contribution in [3.63, 3.8) is 0 Å². The van der Waals surface area contributed by atoms with Gasteiger partial charge in [0.25, 0.3) is 0 Å². The van der Waals surface area contributed by atoms with Crippen LogP contribution < -0.4 is 4.90 Å². The van der Waals surface area contributed by atoms with E-state index >= 15 is 0 Å². The Hall–Kier alpha value is -1.40. The van der Waals surface area contributed by atoms with Crippen LogP contribution in [0.1, 0.15) is 12.8 Å². The van der Waals surface area contributed by atoms with Crippen LogP contribution in [0.5, 0.6) is 0 Å². The van der Waals surface area contributed by atoms with Crippen molar-refractivity contribution in [1.82, 2.24) is 15.0 Å². The number of hydrogen-bond donors (Lipinski definition) is 0. The quantitative estimate of drug-likeness (QED) is 0.869. The molecule has 4 nitrogen and oxygen atoms in total. The fraction of sp³-hybridized carbons (Fsp3) is 0.308. The molecule has 0 aliphatic carbocycles. The van der Waals surface area contributed by atoms with Gasteiger partial charge in [-0.25, -0.2) is 4.39 Å². The predicted molar refractivity (Wildman–Crippen MR) is 76.8 cm³/mol. The molecule has 0 unspecified atom stereocenters. The maximum Gasteiger partial charge on any atom is 0.230 e. The van der Waals surface area contributed by atoms with Gasteiger partial charge in [-0.05, 0) is 54.4 Å². The van der Waals surface area contributed by atoms with Crippen molar-refractivity contribution >= 4 is 29.3 Å². The van der Waals surface area contributed by atoms with Crippen LogP contribution in [0, 0.1) is 5.82 Å². The Labute approximate surface area is 125 Å². The second-order valence-corrected chi connectivity index (χ2v) is 5.82. The fourth-order valence-corrected chi connectivity index (χ4v) is 3.06. The minimum atomic E-state index is -0.282. The second kappa shape index (κ2) is 5.93. The van der Waals surface area contributed by atoms with Gasteiger partial charge in [0.05, 0.1) is 0 Å². The van der Waals surface area contributed by atoms with Crippen LogP contribution in [0.2, 0.25) is 5.28 Å². The molecular formula is C13H12ClFN4S. The largest absolute Gasteiger partial charge is 0.341 e. The molecule has 1 aromatic heterocycles. The van der Waals surface area contributed by atoms with Gasteiger partial charge in [0, 0.05) is 18.0 Å². The number of aromatic nitrogens is 3. The summed E-state index contributed by atoms with van der Waals surface area (Å²) in [6.07, 6.45) is 2.27. The Morgan fingerprint density at radius 3 is 2.70 bits per heavy atom. The van der Waals surface area contributed by atoms with Crippen LogP contribution in [0.3, 0.4) is 0 Å². The van der Waals surface area contributed by atoms with Crippen molar-refractivity contribution in [3.05, 3.63) is 35.4 Å². The minimum absolute atomic E-state index is 0.167. The highest BCUT2D eigenvalue weighted by Gasteiger charge is 2.17. The molecule has 0 spiro atoms. The Morgan fingerprint density at radius 2 is 1.95 bits per heavy atom. The minimum Gasteiger partial charge on any atom is -0.341 e. The van der Waals surface area contributed by atoms with Gasteiger partial charge in [0.1, 0.15) is 5.82 Å². The number of halogens is 2. The molecule has 1 aliphatic heterocycles. The number of rotatable bonds is 3. The lowest BCUT2D eigenvalue weighted by Gasteiger charge is -2.15. The van der Waals surface area contributed by atoms with E-state index in [1.165, 1.54) is 23.9 Å². The van der Waals surface area contributed by atoms with Gasteiger partial charge in [-0.1, -0.05) is 6.07 Å². The summed E-state index contributed by atoms with van der Waals surface area (Å²) in [5, 5.41) is 0.651. The maximum absolute atomic E-state index is 13.2. The highest BCUT2D eigenvalue weighted by atomic mass is 35.5. The Morgan fingerprint density at radius 1 is 1.15 bits per heavy atom. The fourth-order valence-electron chi connectivity index (χ4n) is 2.06. The lowest BCUT2D eigenvalue weighted by molar-refractivity contribution is 0.624. The molecule has 2 aromatic rings. The molecule has 20 heavy (non-hydrogen) atoms. The van der Waals surface area contributed by atoms with E-state index in [0.29, 0.717) is 11.1 Å². The first-order valence-electron chi connectivity index (χ1n) is 6.31. The normalized spacial score (nSPS) is 14.8. The molecule has 2 heterocycles. The molecule has 1 aromatic carbocycles. The van der Waals surface area contributed by atoms with Crippen molar-refractivity contribution in [2.75, 3.05) is 18.0 Å². The molecule has 104 valence electrons. The molecule has 0 amide bonds. The molecule has 1 fully saturated rings. The van der Waals surface area contributed by atoms with E-state index in [4.69, 9.17) is 11.6 Å². The summed E-state index contributed by atoms with van der Waals surface area (Å²) >= 11 is 7.23. The van der Waals surface area contributed by atoms with Gasteiger partial charge in [-0.2, -0.15) is 15.0 Å². The molecule has 0 radical (unpaired) electrons. The number of nitrogens with zero attached hydrogens (tertiary/aromatic N) is 4. The Balaban J connectivity index is 1.85. The van der Waals surface area contributed by atoms with Gasteiger partial charge in [0.15, 0.2) is 5.16 Å². The van der Waals surface area contributed by atoms with Crippen LogP contribution in [-0.2, 0) is 0 Å². The summed E-state index contributed by atoms with van der Waals surface area (Å²) in [6.45, 7) is 1.87. The molecule has 0 N–H and O–H groups in total. The molecule has 0 saturated carbocycles. The third-order valence-electron chi connectivity index (χ3n) is 2.97. The maximum atomic E-state index is 13.2. The van der Waals surface area contributed by atoms with Gasteiger partial charge in [-0.15, -0.1) is 0 Å². The zero-order valence-electron chi connectivity index (χ0n) is 10.6. The van der Waals surface area contributed by atoms with E-state index < -0.39 is 0 Å². The van der Waals surface area contributed by atoms with Crippen molar-refractivity contribution < 1.29 is 4.39 Å². The Kier molecular flexibility index (Phi) is 4.03. The molecule has 7 heteroatoms. The molecule has 1 saturated heterocycles. The SMILES string of the molecule is Fc1cccc(Sc2nc(Cl)nc(N3CCCC3)n2)c1.